The van der Waals surface area contributed by atoms with Gasteiger partial charge in [-0.15, -0.1) is 0 Å². The number of nitrogens with zero attached hydrogens (tertiary/aromatic N) is 2. The average molecular weight is 597 g/mol. The van der Waals surface area contributed by atoms with Gasteiger partial charge in [-0.3, -0.25) is 14.4 Å². The Morgan fingerprint density at radius 2 is 1.36 bits per heavy atom. The summed E-state index contributed by atoms with van der Waals surface area (Å²) in [5.74, 6) is -0.753. The van der Waals surface area contributed by atoms with Crippen molar-refractivity contribution in [2.45, 2.75) is 12.8 Å². The standard InChI is InChI=1S/C37H30N3O3P/c41-34-24-29(36(42)33-25-38-26-40-35(33)34)23-27-12-10-13-28(22-27)37(43)39-20-11-21-44(30-14-4-1-5-15-30,31-16-6-2-7-17-31)32-18-8-3-9-19-32/h1-10,12-19,22,24-26H,11,20-21,23H2/p+1. The largest absolute Gasteiger partial charge is 0.352 e. The van der Waals surface area contributed by atoms with Gasteiger partial charge in [0.15, 0.2) is 5.78 Å². The fourth-order valence-corrected chi connectivity index (χ4v) is 10.2. The summed E-state index contributed by atoms with van der Waals surface area (Å²) in [4.78, 5) is 46.6. The van der Waals surface area contributed by atoms with Crippen molar-refractivity contribution < 1.29 is 14.4 Å². The summed E-state index contributed by atoms with van der Waals surface area (Å²) in [6.45, 7) is 0.520. The third-order valence-electron chi connectivity index (χ3n) is 7.92. The third-order valence-corrected chi connectivity index (χ3v) is 12.4. The summed E-state index contributed by atoms with van der Waals surface area (Å²) in [7, 11) is -1.97. The SMILES string of the molecule is O=C(NCCC[P+](c1ccccc1)(c1ccccc1)c1ccccc1)c1cccc(CC2=CC(=O)c3ncncc3C2=O)c1. The van der Waals surface area contributed by atoms with Crippen LogP contribution in [0, 0.1) is 0 Å². The molecule has 1 aromatic heterocycles. The normalized spacial score (nSPS) is 12.8. The summed E-state index contributed by atoms with van der Waals surface area (Å²) in [6.07, 6.45) is 5.91. The maximum Gasteiger partial charge on any atom is 0.251 e. The van der Waals surface area contributed by atoms with E-state index in [1.54, 1.807) is 18.2 Å². The lowest BCUT2D eigenvalue weighted by atomic mass is 9.90. The predicted molar refractivity (Wildman–Crippen MR) is 176 cm³/mol. The van der Waals surface area contributed by atoms with Crippen LogP contribution >= 0.6 is 7.26 Å². The van der Waals surface area contributed by atoms with Gasteiger partial charge in [0.1, 0.15) is 35.2 Å². The van der Waals surface area contributed by atoms with Gasteiger partial charge >= 0.3 is 0 Å². The molecule has 5 aromatic rings. The van der Waals surface area contributed by atoms with E-state index in [1.165, 1.54) is 34.5 Å². The van der Waals surface area contributed by atoms with E-state index in [2.05, 4.69) is 88.1 Å². The van der Waals surface area contributed by atoms with E-state index in [9.17, 15) is 14.4 Å². The highest BCUT2D eigenvalue weighted by atomic mass is 31.2. The van der Waals surface area contributed by atoms with Gasteiger partial charge in [0, 0.05) is 30.3 Å². The molecule has 0 saturated carbocycles. The Morgan fingerprint density at radius 3 is 1.98 bits per heavy atom. The number of amides is 1. The fraction of sp³-hybridized carbons (Fsp3) is 0.108. The molecule has 44 heavy (non-hydrogen) atoms. The quantitative estimate of drug-likeness (QED) is 0.178. The van der Waals surface area contributed by atoms with Crippen LogP contribution in [0.15, 0.2) is 139 Å². The number of hydrogen-bond acceptors (Lipinski definition) is 5. The number of carbonyl (C=O) groups is 3. The van der Waals surface area contributed by atoms with Gasteiger partial charge < -0.3 is 5.32 Å². The molecule has 0 spiro atoms. The van der Waals surface area contributed by atoms with Crippen molar-refractivity contribution in [3.63, 3.8) is 0 Å². The second-order valence-electron chi connectivity index (χ2n) is 10.7. The molecule has 1 heterocycles. The first kappa shape index (κ1) is 29.0. The Bertz CT molecular complexity index is 1740. The summed E-state index contributed by atoms with van der Waals surface area (Å²) in [5.41, 5.74) is 1.98. The van der Waals surface area contributed by atoms with Gasteiger partial charge in [0.05, 0.1) is 11.7 Å². The molecule has 1 amide bonds. The molecule has 0 radical (unpaired) electrons. The Balaban J connectivity index is 1.17. The molecule has 0 saturated heterocycles. The maximum atomic E-state index is 13.2. The molecule has 7 heteroatoms. The zero-order chi connectivity index (χ0) is 30.4. The van der Waals surface area contributed by atoms with Crippen LogP contribution in [-0.2, 0) is 6.42 Å². The van der Waals surface area contributed by atoms with E-state index in [0.29, 0.717) is 17.7 Å². The van der Waals surface area contributed by atoms with Crippen LogP contribution in [0.3, 0.4) is 0 Å². The monoisotopic (exact) mass is 596 g/mol. The molecule has 1 aliphatic carbocycles. The highest BCUT2D eigenvalue weighted by molar-refractivity contribution is 7.95. The van der Waals surface area contributed by atoms with Gasteiger partial charge in [-0.05, 0) is 66.6 Å². The first-order valence-electron chi connectivity index (χ1n) is 14.6. The Hall–Kier alpha value is -5.06. The second kappa shape index (κ2) is 13.1. The summed E-state index contributed by atoms with van der Waals surface area (Å²) in [5, 5.41) is 7.06. The van der Waals surface area contributed by atoms with Crippen molar-refractivity contribution in [3.05, 3.63) is 162 Å². The second-order valence-corrected chi connectivity index (χ2v) is 14.3. The minimum atomic E-state index is -1.97. The van der Waals surface area contributed by atoms with Crippen LogP contribution in [0.1, 0.15) is 43.2 Å². The molecule has 216 valence electrons. The third kappa shape index (κ3) is 5.90. The van der Waals surface area contributed by atoms with E-state index >= 15 is 0 Å². The molecule has 6 nitrogen and oxygen atoms in total. The highest BCUT2D eigenvalue weighted by Gasteiger charge is 2.44. The van der Waals surface area contributed by atoms with Crippen LogP contribution in [0.4, 0.5) is 0 Å². The molecule has 0 unspecified atom stereocenters. The van der Waals surface area contributed by atoms with Crippen molar-refractivity contribution in [2.24, 2.45) is 0 Å². The predicted octanol–water partition coefficient (Wildman–Crippen LogP) is 5.14. The fourth-order valence-electron chi connectivity index (χ4n) is 5.83. The van der Waals surface area contributed by atoms with E-state index in [-0.39, 0.29) is 35.2 Å². The number of Topliss-reactive ketones (excluding diaryl/α,β-unsaturated/α-hetero) is 1. The number of nitrogens with one attached hydrogen (secondary N) is 1. The molecule has 6 rings (SSSR count). The molecular weight excluding hydrogens is 565 g/mol. The van der Waals surface area contributed by atoms with Crippen molar-refractivity contribution in [2.75, 3.05) is 12.7 Å². The van der Waals surface area contributed by atoms with E-state index in [0.717, 1.165) is 18.1 Å². The van der Waals surface area contributed by atoms with Gasteiger partial charge in [-0.2, -0.15) is 0 Å². The zero-order valence-corrected chi connectivity index (χ0v) is 25.0. The maximum absolute atomic E-state index is 13.2. The number of fused-ring (bicyclic) bond motifs is 1. The lowest BCUT2D eigenvalue weighted by Gasteiger charge is -2.27. The van der Waals surface area contributed by atoms with Crippen molar-refractivity contribution in [1.82, 2.24) is 15.3 Å². The van der Waals surface area contributed by atoms with Gasteiger partial charge in [-0.25, -0.2) is 9.97 Å². The van der Waals surface area contributed by atoms with Gasteiger partial charge in [0.25, 0.3) is 5.91 Å². The van der Waals surface area contributed by atoms with Crippen LogP contribution < -0.4 is 21.2 Å². The van der Waals surface area contributed by atoms with E-state index in [4.69, 9.17) is 0 Å². The van der Waals surface area contributed by atoms with Crippen molar-refractivity contribution >= 4 is 40.6 Å². The molecule has 0 fully saturated rings. The average Bonchev–Trinajstić information content (AvgIpc) is 3.08. The Kier molecular flexibility index (Phi) is 8.62. The Labute approximate surface area is 257 Å². The number of carbonyl (C=O) groups excluding carboxylic acids is 3. The summed E-state index contributed by atoms with van der Waals surface area (Å²) >= 11 is 0. The van der Waals surface area contributed by atoms with E-state index < -0.39 is 7.26 Å². The number of benzene rings is 4. The zero-order valence-electron chi connectivity index (χ0n) is 24.1. The molecule has 1 N–H and O–H groups in total. The van der Waals surface area contributed by atoms with Crippen LogP contribution in [0.25, 0.3) is 0 Å². The highest BCUT2D eigenvalue weighted by Crippen LogP contribution is 2.55. The molecular formula is C37H31N3O3P+. The van der Waals surface area contributed by atoms with Gasteiger partial charge in [-0.1, -0.05) is 66.7 Å². The number of hydrogen-bond donors (Lipinski definition) is 1. The van der Waals surface area contributed by atoms with Crippen LogP contribution in [0.5, 0.6) is 0 Å². The lowest BCUT2D eigenvalue weighted by Crippen LogP contribution is -2.34. The van der Waals surface area contributed by atoms with E-state index in [1.807, 2.05) is 24.3 Å². The molecule has 0 bridgehead atoms. The molecule has 1 aliphatic rings. The summed E-state index contributed by atoms with van der Waals surface area (Å²) < 4.78 is 0. The minimum Gasteiger partial charge on any atom is -0.352 e. The lowest BCUT2D eigenvalue weighted by molar-refractivity contribution is 0.0953. The van der Waals surface area contributed by atoms with Crippen molar-refractivity contribution in [1.29, 1.82) is 0 Å². The number of ketones is 2. The smallest absolute Gasteiger partial charge is 0.251 e. The van der Waals surface area contributed by atoms with Crippen LogP contribution in [0.2, 0.25) is 0 Å². The Morgan fingerprint density at radius 1 is 0.750 bits per heavy atom. The van der Waals surface area contributed by atoms with Crippen LogP contribution in [-0.4, -0.2) is 40.1 Å². The first-order chi connectivity index (χ1) is 21.6. The summed E-state index contributed by atoms with van der Waals surface area (Å²) in [6, 6.07) is 39.3. The molecule has 0 atom stereocenters. The first-order valence-corrected chi connectivity index (χ1v) is 16.6. The number of allylic oxidation sites excluding steroid dienone is 2. The van der Waals surface area contributed by atoms with Gasteiger partial charge in [0.2, 0.25) is 5.78 Å². The number of aromatic nitrogens is 2. The van der Waals surface area contributed by atoms with Crippen molar-refractivity contribution in [3.8, 4) is 0 Å². The minimum absolute atomic E-state index is 0.125. The molecule has 4 aromatic carbocycles. The topological polar surface area (TPSA) is 89.0 Å². The molecule has 0 aliphatic heterocycles. The number of rotatable bonds is 10.